The lowest BCUT2D eigenvalue weighted by Crippen LogP contribution is -2.23. The van der Waals surface area contributed by atoms with Crippen molar-refractivity contribution in [1.82, 2.24) is 5.32 Å². The van der Waals surface area contributed by atoms with E-state index in [1.807, 2.05) is 12.1 Å². The molecule has 3 atom stereocenters. The number of methoxy groups -OCH3 is 1. The van der Waals surface area contributed by atoms with E-state index in [0.717, 1.165) is 24.1 Å². The van der Waals surface area contributed by atoms with Crippen molar-refractivity contribution < 1.29 is 4.74 Å². The van der Waals surface area contributed by atoms with Crippen LogP contribution in [0.15, 0.2) is 18.2 Å². The van der Waals surface area contributed by atoms with Crippen molar-refractivity contribution in [3.8, 4) is 5.75 Å². The van der Waals surface area contributed by atoms with E-state index in [9.17, 15) is 0 Å². The van der Waals surface area contributed by atoms with Crippen LogP contribution in [0.2, 0.25) is 5.02 Å². The summed E-state index contributed by atoms with van der Waals surface area (Å²) in [6.45, 7) is 5.43. The molecule has 1 saturated carbocycles. The zero-order chi connectivity index (χ0) is 12.4. The molecule has 1 aliphatic rings. The maximum Gasteiger partial charge on any atom is 0.137 e. The van der Waals surface area contributed by atoms with Crippen molar-refractivity contribution in [2.45, 2.75) is 26.3 Å². The van der Waals surface area contributed by atoms with Gasteiger partial charge >= 0.3 is 0 Å². The molecule has 0 amide bonds. The van der Waals surface area contributed by atoms with E-state index in [2.05, 4.69) is 25.2 Å². The van der Waals surface area contributed by atoms with Gasteiger partial charge in [0.2, 0.25) is 0 Å². The lowest BCUT2D eigenvalue weighted by Gasteiger charge is -2.19. The Kier molecular flexibility index (Phi) is 3.95. The zero-order valence-corrected chi connectivity index (χ0v) is 11.4. The molecule has 0 aromatic heterocycles. The largest absolute Gasteiger partial charge is 0.495 e. The molecular weight excluding hydrogens is 234 g/mol. The van der Waals surface area contributed by atoms with Crippen molar-refractivity contribution in [3.05, 3.63) is 28.8 Å². The number of ether oxygens (including phenoxy) is 1. The number of halogens is 1. The third-order valence-corrected chi connectivity index (χ3v) is 3.85. The molecule has 1 aromatic carbocycles. The topological polar surface area (TPSA) is 21.3 Å². The van der Waals surface area contributed by atoms with E-state index in [0.29, 0.717) is 11.1 Å². The predicted octanol–water partition coefficient (Wildman–Crippen LogP) is 3.66. The SMILES string of the molecule is CCNC(c1ccc(OC)c(Cl)c1)C1CC1C. The van der Waals surface area contributed by atoms with Gasteiger partial charge < -0.3 is 10.1 Å². The Hall–Kier alpha value is -0.730. The second-order valence-corrected chi connectivity index (χ2v) is 5.21. The van der Waals surface area contributed by atoms with Crippen LogP contribution >= 0.6 is 11.6 Å². The molecule has 1 N–H and O–H groups in total. The van der Waals surface area contributed by atoms with Gasteiger partial charge in [-0.3, -0.25) is 0 Å². The van der Waals surface area contributed by atoms with Gasteiger partial charge in [-0.2, -0.15) is 0 Å². The fourth-order valence-electron chi connectivity index (χ4n) is 2.43. The summed E-state index contributed by atoms with van der Waals surface area (Å²) in [6.07, 6.45) is 1.31. The van der Waals surface area contributed by atoms with Crippen LogP contribution in [0.25, 0.3) is 0 Å². The van der Waals surface area contributed by atoms with Crippen LogP contribution < -0.4 is 10.1 Å². The highest BCUT2D eigenvalue weighted by Gasteiger charge is 2.39. The van der Waals surface area contributed by atoms with Crippen molar-refractivity contribution in [2.24, 2.45) is 11.8 Å². The quantitative estimate of drug-likeness (QED) is 0.865. The van der Waals surface area contributed by atoms with Crippen LogP contribution in [0.5, 0.6) is 5.75 Å². The van der Waals surface area contributed by atoms with Crippen molar-refractivity contribution >= 4 is 11.6 Å². The first-order valence-electron chi connectivity index (χ1n) is 6.24. The Labute approximate surface area is 108 Å². The molecule has 0 radical (unpaired) electrons. The van der Waals surface area contributed by atoms with Crippen LogP contribution in [0.4, 0.5) is 0 Å². The van der Waals surface area contributed by atoms with Gasteiger partial charge in [0.25, 0.3) is 0 Å². The van der Waals surface area contributed by atoms with Gasteiger partial charge in [0.1, 0.15) is 5.75 Å². The van der Waals surface area contributed by atoms with Gasteiger partial charge in [-0.25, -0.2) is 0 Å². The second-order valence-electron chi connectivity index (χ2n) is 4.81. The van der Waals surface area contributed by atoms with Crippen LogP contribution in [0, 0.1) is 11.8 Å². The molecule has 2 nitrogen and oxygen atoms in total. The summed E-state index contributed by atoms with van der Waals surface area (Å²) in [5.74, 6) is 2.31. The monoisotopic (exact) mass is 253 g/mol. The van der Waals surface area contributed by atoms with E-state index in [1.165, 1.54) is 12.0 Å². The highest BCUT2D eigenvalue weighted by Crippen LogP contribution is 2.47. The molecule has 2 rings (SSSR count). The normalized spacial score (nSPS) is 24.5. The summed E-state index contributed by atoms with van der Waals surface area (Å²) >= 11 is 6.18. The average Bonchev–Trinajstić information content (AvgIpc) is 3.03. The van der Waals surface area contributed by atoms with Crippen LogP contribution in [0.3, 0.4) is 0 Å². The maximum atomic E-state index is 6.18. The van der Waals surface area contributed by atoms with Gasteiger partial charge in [-0.1, -0.05) is 31.5 Å². The number of hydrogen-bond donors (Lipinski definition) is 1. The van der Waals surface area contributed by atoms with Crippen LogP contribution in [0.1, 0.15) is 31.9 Å². The summed E-state index contributed by atoms with van der Waals surface area (Å²) in [7, 11) is 1.64. The minimum atomic E-state index is 0.429. The predicted molar refractivity (Wildman–Crippen MR) is 71.7 cm³/mol. The fourth-order valence-corrected chi connectivity index (χ4v) is 2.69. The Balaban J connectivity index is 2.20. The van der Waals surface area contributed by atoms with Gasteiger partial charge in [-0.05, 0) is 42.5 Å². The molecule has 1 aromatic rings. The lowest BCUT2D eigenvalue weighted by atomic mass is 10.0. The molecular formula is C14H20ClNO. The molecule has 1 aliphatic carbocycles. The summed E-state index contributed by atoms with van der Waals surface area (Å²) in [5.41, 5.74) is 1.27. The van der Waals surface area contributed by atoms with Crippen molar-refractivity contribution in [3.63, 3.8) is 0 Å². The molecule has 3 unspecified atom stereocenters. The third-order valence-electron chi connectivity index (χ3n) is 3.56. The standard InChI is InChI=1S/C14H20ClNO/c1-4-16-14(11-7-9(11)2)10-5-6-13(17-3)12(15)8-10/h5-6,8-9,11,14,16H,4,7H2,1-3H3. The number of hydrogen-bond acceptors (Lipinski definition) is 2. The van der Waals surface area contributed by atoms with Gasteiger partial charge in [-0.15, -0.1) is 0 Å². The third kappa shape index (κ3) is 2.75. The molecule has 0 saturated heterocycles. The summed E-state index contributed by atoms with van der Waals surface area (Å²) < 4.78 is 5.18. The summed E-state index contributed by atoms with van der Waals surface area (Å²) in [6, 6.07) is 6.52. The molecule has 94 valence electrons. The number of rotatable bonds is 5. The second kappa shape index (κ2) is 5.28. The van der Waals surface area contributed by atoms with Crippen molar-refractivity contribution in [2.75, 3.05) is 13.7 Å². The fraction of sp³-hybridized carbons (Fsp3) is 0.571. The smallest absolute Gasteiger partial charge is 0.137 e. The van der Waals surface area contributed by atoms with Crippen LogP contribution in [-0.2, 0) is 0 Å². The average molecular weight is 254 g/mol. The Morgan fingerprint density at radius 1 is 1.53 bits per heavy atom. The molecule has 3 heteroatoms. The Morgan fingerprint density at radius 3 is 2.71 bits per heavy atom. The van der Waals surface area contributed by atoms with E-state index < -0.39 is 0 Å². The molecule has 17 heavy (non-hydrogen) atoms. The summed E-state index contributed by atoms with van der Waals surface area (Å²) in [4.78, 5) is 0. The first-order chi connectivity index (χ1) is 8.17. The molecule has 0 bridgehead atoms. The number of benzene rings is 1. The van der Waals surface area contributed by atoms with Crippen LogP contribution in [-0.4, -0.2) is 13.7 Å². The first-order valence-corrected chi connectivity index (χ1v) is 6.62. The highest BCUT2D eigenvalue weighted by molar-refractivity contribution is 6.32. The Bertz CT molecular complexity index is 394. The highest BCUT2D eigenvalue weighted by atomic mass is 35.5. The lowest BCUT2D eigenvalue weighted by molar-refractivity contribution is 0.414. The molecule has 1 fully saturated rings. The van der Waals surface area contributed by atoms with Gasteiger partial charge in [0.15, 0.2) is 0 Å². The zero-order valence-electron chi connectivity index (χ0n) is 10.7. The van der Waals surface area contributed by atoms with Gasteiger partial charge in [0, 0.05) is 6.04 Å². The number of nitrogens with one attached hydrogen (secondary N) is 1. The van der Waals surface area contributed by atoms with E-state index in [1.54, 1.807) is 7.11 Å². The minimum absolute atomic E-state index is 0.429. The Morgan fingerprint density at radius 2 is 2.24 bits per heavy atom. The first kappa shape index (κ1) is 12.7. The minimum Gasteiger partial charge on any atom is -0.495 e. The molecule has 0 heterocycles. The maximum absolute atomic E-state index is 6.18. The summed E-state index contributed by atoms with van der Waals surface area (Å²) in [5, 5.41) is 4.25. The van der Waals surface area contributed by atoms with E-state index >= 15 is 0 Å². The van der Waals surface area contributed by atoms with Gasteiger partial charge in [0.05, 0.1) is 12.1 Å². The van der Waals surface area contributed by atoms with E-state index in [-0.39, 0.29) is 0 Å². The van der Waals surface area contributed by atoms with E-state index in [4.69, 9.17) is 16.3 Å². The van der Waals surface area contributed by atoms with Crippen molar-refractivity contribution in [1.29, 1.82) is 0 Å². The molecule has 0 spiro atoms. The molecule has 0 aliphatic heterocycles.